The first-order valence-corrected chi connectivity index (χ1v) is 10.1. The number of rotatable bonds is 6. The first-order valence-electron chi connectivity index (χ1n) is 8.22. The van der Waals surface area contributed by atoms with E-state index in [1.807, 2.05) is 18.3 Å². The molecule has 0 bridgehead atoms. The van der Waals surface area contributed by atoms with E-state index in [1.54, 1.807) is 17.1 Å². The van der Waals surface area contributed by atoms with E-state index in [0.29, 0.717) is 39.0 Å². The lowest BCUT2D eigenvalue weighted by molar-refractivity contribution is -0.126. The van der Waals surface area contributed by atoms with Crippen molar-refractivity contribution in [3.05, 3.63) is 30.8 Å². The van der Waals surface area contributed by atoms with E-state index < -0.39 is 10.0 Å². The maximum Gasteiger partial charge on any atom is 0.223 e. The Morgan fingerprint density at radius 2 is 2.16 bits per heavy atom. The predicted octanol–water partition coefficient (Wildman–Crippen LogP) is 0.931. The SMILES string of the molecule is CS(=O)(=O)N1CCC(C(=O)NCCn2cc(-c3ccco3)cn2)CC1. The fourth-order valence-corrected chi connectivity index (χ4v) is 3.82. The molecule has 1 N–H and O–H groups in total. The zero-order chi connectivity index (χ0) is 17.9. The Kier molecular flexibility index (Phi) is 5.24. The molecule has 2 aromatic heterocycles. The van der Waals surface area contributed by atoms with E-state index in [1.165, 1.54) is 10.6 Å². The minimum Gasteiger partial charge on any atom is -0.464 e. The number of amides is 1. The van der Waals surface area contributed by atoms with Gasteiger partial charge in [0.05, 0.1) is 30.8 Å². The molecule has 0 aromatic carbocycles. The zero-order valence-electron chi connectivity index (χ0n) is 14.1. The molecule has 8 nitrogen and oxygen atoms in total. The number of carbonyl (C=O) groups is 1. The number of nitrogens with one attached hydrogen (secondary N) is 1. The molecule has 0 spiro atoms. The van der Waals surface area contributed by atoms with Gasteiger partial charge in [-0.15, -0.1) is 0 Å². The van der Waals surface area contributed by atoms with Crippen molar-refractivity contribution >= 4 is 15.9 Å². The lowest BCUT2D eigenvalue weighted by Crippen LogP contribution is -2.43. The summed E-state index contributed by atoms with van der Waals surface area (Å²) in [5, 5.41) is 7.16. The molecule has 0 unspecified atom stereocenters. The van der Waals surface area contributed by atoms with Crippen LogP contribution < -0.4 is 5.32 Å². The van der Waals surface area contributed by atoms with Gasteiger partial charge in [0, 0.05) is 31.7 Å². The molecule has 1 aliphatic heterocycles. The quantitative estimate of drug-likeness (QED) is 0.820. The van der Waals surface area contributed by atoms with E-state index in [2.05, 4.69) is 10.4 Å². The Morgan fingerprint density at radius 3 is 2.80 bits per heavy atom. The highest BCUT2D eigenvalue weighted by molar-refractivity contribution is 7.88. The summed E-state index contributed by atoms with van der Waals surface area (Å²) in [7, 11) is -3.16. The third-order valence-corrected chi connectivity index (χ3v) is 5.68. The van der Waals surface area contributed by atoms with E-state index >= 15 is 0 Å². The van der Waals surface area contributed by atoms with Crippen LogP contribution in [-0.2, 0) is 21.4 Å². The smallest absolute Gasteiger partial charge is 0.223 e. The fraction of sp³-hybridized carbons (Fsp3) is 0.500. The summed E-state index contributed by atoms with van der Waals surface area (Å²) < 4.78 is 31.5. The van der Waals surface area contributed by atoms with Crippen molar-refractivity contribution in [1.82, 2.24) is 19.4 Å². The molecule has 1 amide bonds. The van der Waals surface area contributed by atoms with Gasteiger partial charge >= 0.3 is 0 Å². The van der Waals surface area contributed by atoms with Gasteiger partial charge in [-0.05, 0) is 25.0 Å². The number of nitrogens with zero attached hydrogens (tertiary/aromatic N) is 3. The molecule has 1 aliphatic rings. The van der Waals surface area contributed by atoms with Crippen LogP contribution in [0.1, 0.15) is 12.8 Å². The van der Waals surface area contributed by atoms with Gasteiger partial charge in [-0.1, -0.05) is 0 Å². The van der Waals surface area contributed by atoms with E-state index in [9.17, 15) is 13.2 Å². The Bertz CT molecular complexity index is 805. The molecule has 0 aliphatic carbocycles. The molecular formula is C16H22N4O4S. The van der Waals surface area contributed by atoms with Gasteiger partial charge in [-0.25, -0.2) is 12.7 Å². The first kappa shape index (κ1) is 17.7. The molecule has 0 atom stereocenters. The topological polar surface area (TPSA) is 97.4 Å². The highest BCUT2D eigenvalue weighted by Gasteiger charge is 2.28. The summed E-state index contributed by atoms with van der Waals surface area (Å²) in [6.07, 6.45) is 7.53. The van der Waals surface area contributed by atoms with E-state index in [4.69, 9.17) is 4.42 Å². The Morgan fingerprint density at radius 1 is 1.40 bits per heavy atom. The Labute approximate surface area is 146 Å². The summed E-state index contributed by atoms with van der Waals surface area (Å²) in [6, 6.07) is 3.69. The zero-order valence-corrected chi connectivity index (χ0v) is 14.9. The molecular weight excluding hydrogens is 344 g/mol. The molecule has 0 saturated carbocycles. The number of hydrogen-bond acceptors (Lipinski definition) is 5. The lowest BCUT2D eigenvalue weighted by atomic mass is 9.97. The van der Waals surface area contributed by atoms with Crippen LogP contribution in [0.2, 0.25) is 0 Å². The molecule has 136 valence electrons. The number of piperidine rings is 1. The van der Waals surface area contributed by atoms with Crippen molar-refractivity contribution in [2.75, 3.05) is 25.9 Å². The largest absolute Gasteiger partial charge is 0.464 e. The Hall–Kier alpha value is -2.13. The van der Waals surface area contributed by atoms with Crippen LogP contribution in [0.5, 0.6) is 0 Å². The maximum absolute atomic E-state index is 12.2. The summed E-state index contributed by atoms with van der Waals surface area (Å²) in [4.78, 5) is 12.2. The number of sulfonamides is 1. The lowest BCUT2D eigenvalue weighted by Gasteiger charge is -2.29. The average molecular weight is 366 g/mol. The van der Waals surface area contributed by atoms with Crippen LogP contribution >= 0.6 is 0 Å². The molecule has 25 heavy (non-hydrogen) atoms. The molecule has 0 radical (unpaired) electrons. The van der Waals surface area contributed by atoms with Crippen molar-refractivity contribution in [3.63, 3.8) is 0 Å². The highest BCUT2D eigenvalue weighted by atomic mass is 32.2. The van der Waals surface area contributed by atoms with Gasteiger partial charge in [0.25, 0.3) is 0 Å². The van der Waals surface area contributed by atoms with Crippen molar-refractivity contribution in [1.29, 1.82) is 0 Å². The Balaban J connectivity index is 1.43. The number of furan rings is 1. The fourth-order valence-electron chi connectivity index (χ4n) is 2.94. The summed E-state index contributed by atoms with van der Waals surface area (Å²) >= 11 is 0. The molecule has 2 aromatic rings. The standard InChI is InChI=1S/C16H22N4O4S/c1-25(22,23)20-7-4-13(5-8-20)16(21)17-6-9-19-12-14(11-18-19)15-3-2-10-24-15/h2-3,10-13H,4-9H2,1H3,(H,17,21). The van der Waals surface area contributed by atoms with Crippen LogP contribution in [0.15, 0.2) is 35.2 Å². The monoisotopic (exact) mass is 366 g/mol. The van der Waals surface area contributed by atoms with Gasteiger partial charge in [0.15, 0.2) is 0 Å². The predicted molar refractivity (Wildman–Crippen MR) is 92.1 cm³/mol. The normalized spacial score (nSPS) is 16.8. The molecule has 1 fully saturated rings. The number of carbonyl (C=O) groups excluding carboxylic acids is 1. The summed E-state index contributed by atoms with van der Waals surface area (Å²) in [6.45, 7) is 1.85. The van der Waals surface area contributed by atoms with Crippen LogP contribution in [0.4, 0.5) is 0 Å². The number of hydrogen-bond donors (Lipinski definition) is 1. The van der Waals surface area contributed by atoms with Crippen LogP contribution in [0.25, 0.3) is 11.3 Å². The van der Waals surface area contributed by atoms with E-state index in [-0.39, 0.29) is 11.8 Å². The minimum absolute atomic E-state index is 0.0217. The molecule has 9 heteroatoms. The van der Waals surface area contributed by atoms with Crippen LogP contribution in [0, 0.1) is 5.92 Å². The minimum atomic E-state index is -3.16. The van der Waals surface area contributed by atoms with Gasteiger partial charge in [-0.3, -0.25) is 9.48 Å². The second-order valence-corrected chi connectivity index (χ2v) is 8.18. The number of aromatic nitrogens is 2. The van der Waals surface area contributed by atoms with Crippen molar-refractivity contribution in [3.8, 4) is 11.3 Å². The summed E-state index contributed by atoms with van der Waals surface area (Å²) in [5.41, 5.74) is 0.893. The van der Waals surface area contributed by atoms with Crippen LogP contribution in [0.3, 0.4) is 0 Å². The first-order chi connectivity index (χ1) is 11.9. The van der Waals surface area contributed by atoms with Gasteiger partial charge in [0.2, 0.25) is 15.9 Å². The van der Waals surface area contributed by atoms with Crippen molar-refractivity contribution in [2.45, 2.75) is 19.4 Å². The molecule has 3 rings (SSSR count). The summed E-state index contributed by atoms with van der Waals surface area (Å²) in [5.74, 6) is 0.605. The van der Waals surface area contributed by atoms with Gasteiger partial charge < -0.3 is 9.73 Å². The van der Waals surface area contributed by atoms with Crippen molar-refractivity contribution < 1.29 is 17.6 Å². The second kappa shape index (κ2) is 7.40. The van der Waals surface area contributed by atoms with Crippen LogP contribution in [-0.4, -0.2) is 54.3 Å². The van der Waals surface area contributed by atoms with Gasteiger partial charge in [-0.2, -0.15) is 5.10 Å². The molecule has 3 heterocycles. The third kappa shape index (κ3) is 4.49. The maximum atomic E-state index is 12.2. The van der Waals surface area contributed by atoms with E-state index in [0.717, 1.165) is 11.3 Å². The van der Waals surface area contributed by atoms with Crippen molar-refractivity contribution in [2.24, 2.45) is 5.92 Å². The molecule has 1 saturated heterocycles. The highest BCUT2D eigenvalue weighted by Crippen LogP contribution is 2.20. The third-order valence-electron chi connectivity index (χ3n) is 4.37. The average Bonchev–Trinajstić information content (AvgIpc) is 3.25. The second-order valence-electron chi connectivity index (χ2n) is 6.20. The van der Waals surface area contributed by atoms with Gasteiger partial charge in [0.1, 0.15) is 5.76 Å².